The van der Waals surface area contributed by atoms with Crippen LogP contribution in [0.4, 0.5) is 5.69 Å². The van der Waals surface area contributed by atoms with E-state index in [1.165, 1.54) is 0 Å². The summed E-state index contributed by atoms with van der Waals surface area (Å²) in [5.41, 5.74) is 0.566. The Hall–Kier alpha value is -1.15. The maximum absolute atomic E-state index is 12.2. The van der Waals surface area contributed by atoms with Crippen LogP contribution in [0.3, 0.4) is 0 Å². The lowest BCUT2D eigenvalue weighted by atomic mass is 10.3. The molecule has 1 heterocycles. The van der Waals surface area contributed by atoms with Crippen molar-refractivity contribution in [2.75, 3.05) is 38.7 Å². The maximum atomic E-state index is 12.2. The first-order valence-corrected chi connectivity index (χ1v) is 7.57. The molecule has 2 N–H and O–H groups in total. The third-order valence-electron chi connectivity index (χ3n) is 2.83. The van der Waals surface area contributed by atoms with Crippen molar-refractivity contribution in [3.63, 3.8) is 0 Å². The van der Waals surface area contributed by atoms with Gasteiger partial charge in [-0.2, -0.15) is 0 Å². The van der Waals surface area contributed by atoms with Gasteiger partial charge in [0.1, 0.15) is 4.90 Å². The fourth-order valence-corrected chi connectivity index (χ4v) is 3.12. The smallest absolute Gasteiger partial charge is 0.242 e. The number of sulfonamides is 1. The van der Waals surface area contributed by atoms with E-state index in [4.69, 9.17) is 9.47 Å². The second-order valence-electron chi connectivity index (χ2n) is 4.17. The minimum Gasteiger partial charge on any atom is -0.387 e. The average Bonchev–Trinajstić information content (AvgIpc) is 2.46. The SMILES string of the molecule is CNc1ccccc1S(=O)(=O)NCC1COCCO1. The third-order valence-corrected chi connectivity index (χ3v) is 4.31. The van der Waals surface area contributed by atoms with Crippen molar-refractivity contribution in [3.05, 3.63) is 24.3 Å². The molecular weight excluding hydrogens is 268 g/mol. The molecule has 1 aromatic rings. The van der Waals surface area contributed by atoms with Gasteiger partial charge >= 0.3 is 0 Å². The van der Waals surface area contributed by atoms with E-state index >= 15 is 0 Å². The Morgan fingerprint density at radius 1 is 1.32 bits per heavy atom. The van der Waals surface area contributed by atoms with Crippen LogP contribution in [0.2, 0.25) is 0 Å². The molecule has 1 fully saturated rings. The van der Waals surface area contributed by atoms with Crippen molar-refractivity contribution in [1.29, 1.82) is 0 Å². The van der Waals surface area contributed by atoms with E-state index in [1.54, 1.807) is 31.3 Å². The highest BCUT2D eigenvalue weighted by Crippen LogP contribution is 2.19. The number of rotatable bonds is 5. The van der Waals surface area contributed by atoms with Crippen molar-refractivity contribution in [3.8, 4) is 0 Å². The van der Waals surface area contributed by atoms with Crippen molar-refractivity contribution in [2.24, 2.45) is 0 Å². The summed E-state index contributed by atoms with van der Waals surface area (Å²) in [6.07, 6.45) is -0.231. The monoisotopic (exact) mass is 286 g/mol. The maximum Gasteiger partial charge on any atom is 0.242 e. The number of nitrogens with one attached hydrogen (secondary N) is 2. The molecule has 106 valence electrons. The second-order valence-corrected chi connectivity index (χ2v) is 5.90. The zero-order chi connectivity index (χ0) is 13.7. The predicted octanol–water partition coefficient (Wildman–Crippen LogP) is 0.422. The van der Waals surface area contributed by atoms with Crippen LogP contribution in [0.15, 0.2) is 29.2 Å². The zero-order valence-electron chi connectivity index (χ0n) is 10.8. The summed E-state index contributed by atoms with van der Waals surface area (Å²) in [5.74, 6) is 0. The molecule has 1 aliphatic heterocycles. The van der Waals surface area contributed by atoms with E-state index in [0.29, 0.717) is 25.5 Å². The molecule has 0 radical (unpaired) electrons. The predicted molar refractivity (Wildman–Crippen MR) is 71.7 cm³/mol. The number of hydrogen-bond donors (Lipinski definition) is 2. The first kappa shape index (κ1) is 14.3. The molecule has 2 rings (SSSR count). The topological polar surface area (TPSA) is 76.7 Å². The van der Waals surface area contributed by atoms with Crippen LogP contribution >= 0.6 is 0 Å². The van der Waals surface area contributed by atoms with Crippen molar-refractivity contribution in [2.45, 2.75) is 11.0 Å². The van der Waals surface area contributed by atoms with Crippen molar-refractivity contribution >= 4 is 15.7 Å². The summed E-state index contributed by atoms with van der Waals surface area (Å²) in [6.45, 7) is 1.68. The molecule has 7 heteroatoms. The molecule has 0 aromatic heterocycles. The van der Waals surface area contributed by atoms with Gasteiger partial charge in [0, 0.05) is 13.6 Å². The highest BCUT2D eigenvalue weighted by Gasteiger charge is 2.21. The van der Waals surface area contributed by atoms with E-state index in [2.05, 4.69) is 10.0 Å². The molecule has 0 saturated carbocycles. The van der Waals surface area contributed by atoms with Gasteiger partial charge in [0.15, 0.2) is 0 Å². The number of para-hydroxylation sites is 1. The van der Waals surface area contributed by atoms with Crippen LogP contribution < -0.4 is 10.0 Å². The molecule has 0 aliphatic carbocycles. The van der Waals surface area contributed by atoms with E-state index < -0.39 is 10.0 Å². The van der Waals surface area contributed by atoms with Crippen molar-refractivity contribution < 1.29 is 17.9 Å². The number of anilines is 1. The molecule has 0 spiro atoms. The Labute approximate surface area is 113 Å². The highest BCUT2D eigenvalue weighted by molar-refractivity contribution is 7.89. The van der Waals surface area contributed by atoms with E-state index in [0.717, 1.165) is 0 Å². The molecule has 1 saturated heterocycles. The van der Waals surface area contributed by atoms with Crippen LogP contribution in [0, 0.1) is 0 Å². The van der Waals surface area contributed by atoms with E-state index in [1.807, 2.05) is 0 Å². The first-order valence-electron chi connectivity index (χ1n) is 6.09. The minimum atomic E-state index is -3.55. The Bertz CT molecular complexity index is 512. The Kier molecular flexibility index (Phi) is 4.76. The first-order chi connectivity index (χ1) is 9.13. The fourth-order valence-electron chi connectivity index (χ4n) is 1.84. The second kappa shape index (κ2) is 6.33. The quantitative estimate of drug-likeness (QED) is 0.820. The van der Waals surface area contributed by atoms with E-state index in [-0.39, 0.29) is 17.5 Å². The van der Waals surface area contributed by atoms with Crippen LogP contribution in [0.5, 0.6) is 0 Å². The van der Waals surface area contributed by atoms with Gasteiger partial charge in [-0.1, -0.05) is 12.1 Å². The number of hydrogen-bond acceptors (Lipinski definition) is 5. The summed E-state index contributed by atoms with van der Waals surface area (Å²) in [5, 5.41) is 2.86. The van der Waals surface area contributed by atoms with Crippen LogP contribution in [-0.4, -0.2) is 47.9 Å². The minimum absolute atomic E-state index is 0.209. The third kappa shape index (κ3) is 3.66. The normalized spacial score (nSPS) is 20.2. The zero-order valence-corrected chi connectivity index (χ0v) is 11.6. The molecule has 6 nitrogen and oxygen atoms in total. The van der Waals surface area contributed by atoms with Gasteiger partial charge in [-0.15, -0.1) is 0 Å². The van der Waals surface area contributed by atoms with Gasteiger partial charge in [0.2, 0.25) is 10.0 Å². The lowest BCUT2D eigenvalue weighted by molar-refractivity contribution is -0.0846. The molecule has 1 aliphatic rings. The Morgan fingerprint density at radius 3 is 2.79 bits per heavy atom. The largest absolute Gasteiger partial charge is 0.387 e. The number of ether oxygens (including phenoxy) is 2. The highest BCUT2D eigenvalue weighted by atomic mass is 32.2. The van der Waals surface area contributed by atoms with Gasteiger partial charge in [-0.25, -0.2) is 13.1 Å². The van der Waals surface area contributed by atoms with Crippen LogP contribution in [-0.2, 0) is 19.5 Å². The van der Waals surface area contributed by atoms with Gasteiger partial charge in [0.25, 0.3) is 0 Å². The van der Waals surface area contributed by atoms with Crippen molar-refractivity contribution in [1.82, 2.24) is 4.72 Å². The average molecular weight is 286 g/mol. The lowest BCUT2D eigenvalue weighted by Crippen LogP contribution is -2.39. The standard InChI is InChI=1S/C12H18N2O4S/c1-13-11-4-2-3-5-12(11)19(15,16)14-8-10-9-17-6-7-18-10/h2-5,10,13-14H,6-9H2,1H3. The summed E-state index contributed by atoms with van der Waals surface area (Å²) in [7, 11) is -1.86. The molecule has 1 unspecified atom stereocenters. The van der Waals surface area contributed by atoms with Crippen LogP contribution in [0.25, 0.3) is 0 Å². The molecule has 1 aromatic carbocycles. The lowest BCUT2D eigenvalue weighted by Gasteiger charge is -2.23. The Morgan fingerprint density at radius 2 is 2.11 bits per heavy atom. The molecule has 0 amide bonds. The molecule has 19 heavy (non-hydrogen) atoms. The molecule has 1 atom stereocenters. The van der Waals surface area contributed by atoms with Gasteiger partial charge < -0.3 is 14.8 Å². The van der Waals surface area contributed by atoms with E-state index in [9.17, 15) is 8.42 Å². The summed E-state index contributed by atoms with van der Waals surface area (Å²) in [4.78, 5) is 0.231. The molecular formula is C12H18N2O4S. The summed E-state index contributed by atoms with van der Waals surface area (Å²) >= 11 is 0. The van der Waals surface area contributed by atoms with Gasteiger partial charge in [-0.05, 0) is 12.1 Å². The number of benzene rings is 1. The van der Waals surface area contributed by atoms with Gasteiger partial charge in [0.05, 0.1) is 31.6 Å². The Balaban J connectivity index is 2.05. The fraction of sp³-hybridized carbons (Fsp3) is 0.500. The summed E-state index contributed by atoms with van der Waals surface area (Å²) in [6, 6.07) is 6.75. The molecule has 0 bridgehead atoms. The summed E-state index contributed by atoms with van der Waals surface area (Å²) < 4.78 is 37.6. The van der Waals surface area contributed by atoms with Gasteiger partial charge in [-0.3, -0.25) is 0 Å². The van der Waals surface area contributed by atoms with Crippen LogP contribution in [0.1, 0.15) is 0 Å².